The fraction of sp³-hybridized carbons (Fsp3) is 0.625. The summed E-state index contributed by atoms with van der Waals surface area (Å²) in [5.41, 5.74) is 0.983. The minimum atomic E-state index is 0. The summed E-state index contributed by atoms with van der Waals surface area (Å²) in [6, 6.07) is 0. The maximum atomic E-state index is 5.56. The van der Waals surface area contributed by atoms with E-state index in [0.29, 0.717) is 6.54 Å². The lowest BCUT2D eigenvalue weighted by molar-refractivity contribution is 0.129. The molecule has 0 radical (unpaired) electrons. The van der Waals surface area contributed by atoms with Gasteiger partial charge in [-0.3, -0.25) is 4.40 Å². The summed E-state index contributed by atoms with van der Waals surface area (Å²) in [7, 11) is 0. The number of fused-ring (bicyclic) bond motifs is 1. The Bertz CT molecular complexity index is 570. The highest BCUT2D eigenvalue weighted by atomic mass is 127. The Morgan fingerprint density at radius 2 is 2.12 bits per heavy atom. The van der Waals surface area contributed by atoms with Gasteiger partial charge >= 0.3 is 0 Å². The Labute approximate surface area is 165 Å². The number of guanidine groups is 1. The fourth-order valence-corrected chi connectivity index (χ4v) is 2.80. The van der Waals surface area contributed by atoms with Gasteiger partial charge in [0.25, 0.3) is 0 Å². The van der Waals surface area contributed by atoms with Crippen LogP contribution >= 0.6 is 35.3 Å². The topological polar surface area (TPSA) is 63.0 Å². The molecular formula is C16H28IN5OS. The molecule has 2 rings (SSSR count). The van der Waals surface area contributed by atoms with Crippen molar-refractivity contribution in [2.45, 2.75) is 39.7 Å². The van der Waals surface area contributed by atoms with E-state index in [-0.39, 0.29) is 24.0 Å². The van der Waals surface area contributed by atoms with Crippen LogP contribution in [0.4, 0.5) is 0 Å². The molecule has 0 bridgehead atoms. The third-order valence-corrected chi connectivity index (χ3v) is 4.06. The summed E-state index contributed by atoms with van der Waals surface area (Å²) in [5, 5.41) is 8.63. The maximum absolute atomic E-state index is 5.56. The molecule has 0 spiro atoms. The number of nitrogens with one attached hydrogen (secondary N) is 2. The van der Waals surface area contributed by atoms with Crippen molar-refractivity contribution >= 4 is 46.2 Å². The summed E-state index contributed by atoms with van der Waals surface area (Å²) in [6.07, 6.45) is 7.35. The van der Waals surface area contributed by atoms with E-state index in [1.165, 1.54) is 6.42 Å². The van der Waals surface area contributed by atoms with Gasteiger partial charge in [0, 0.05) is 44.1 Å². The standard InChI is InChI=1S/C16H27N5OS.HI/c1-3-5-9-22-10-6-7-18-15(17-4-2)19-12-14-13-21-8-11-23-16(21)20-14;/h8,11,13H,3-7,9-10,12H2,1-2H3,(H2,17,18,19);1H. The Morgan fingerprint density at radius 1 is 1.29 bits per heavy atom. The predicted octanol–water partition coefficient (Wildman–Crippen LogP) is 3.28. The van der Waals surface area contributed by atoms with Gasteiger partial charge in [0.05, 0.1) is 12.2 Å². The molecule has 2 heterocycles. The summed E-state index contributed by atoms with van der Waals surface area (Å²) in [5.74, 6) is 0.831. The summed E-state index contributed by atoms with van der Waals surface area (Å²) < 4.78 is 7.59. The van der Waals surface area contributed by atoms with Crippen LogP contribution in [0.3, 0.4) is 0 Å². The lowest BCUT2D eigenvalue weighted by Crippen LogP contribution is -2.38. The molecule has 0 fully saturated rings. The molecule has 0 atom stereocenters. The highest BCUT2D eigenvalue weighted by molar-refractivity contribution is 14.0. The zero-order valence-electron chi connectivity index (χ0n) is 14.5. The van der Waals surface area contributed by atoms with Gasteiger partial charge in [0.2, 0.25) is 0 Å². The molecule has 0 saturated carbocycles. The summed E-state index contributed by atoms with van der Waals surface area (Å²) >= 11 is 1.64. The van der Waals surface area contributed by atoms with Crippen molar-refractivity contribution in [3.63, 3.8) is 0 Å². The van der Waals surface area contributed by atoms with Crippen molar-refractivity contribution < 1.29 is 4.74 Å². The van der Waals surface area contributed by atoms with E-state index in [2.05, 4.69) is 34.5 Å². The van der Waals surface area contributed by atoms with Gasteiger partial charge in [0.15, 0.2) is 10.9 Å². The van der Waals surface area contributed by atoms with Gasteiger partial charge in [-0.1, -0.05) is 13.3 Å². The first-order chi connectivity index (χ1) is 11.3. The lowest BCUT2D eigenvalue weighted by atomic mass is 10.4. The van der Waals surface area contributed by atoms with Crippen LogP contribution < -0.4 is 10.6 Å². The van der Waals surface area contributed by atoms with E-state index in [9.17, 15) is 0 Å². The van der Waals surface area contributed by atoms with Crippen molar-refractivity contribution in [1.29, 1.82) is 0 Å². The SMILES string of the molecule is CCCCOCCCNC(=NCc1cn2ccsc2n1)NCC.I. The van der Waals surface area contributed by atoms with Crippen LogP contribution in [0, 0.1) is 0 Å². The molecule has 24 heavy (non-hydrogen) atoms. The second-order valence-electron chi connectivity index (χ2n) is 5.27. The number of hydrogen-bond acceptors (Lipinski definition) is 4. The molecule has 0 unspecified atom stereocenters. The number of nitrogens with zero attached hydrogens (tertiary/aromatic N) is 3. The van der Waals surface area contributed by atoms with Gasteiger partial charge in [-0.2, -0.15) is 0 Å². The predicted molar refractivity (Wildman–Crippen MR) is 112 cm³/mol. The molecule has 0 aliphatic heterocycles. The molecule has 8 heteroatoms. The van der Waals surface area contributed by atoms with E-state index >= 15 is 0 Å². The third kappa shape index (κ3) is 7.35. The van der Waals surface area contributed by atoms with Crippen LogP contribution in [0.1, 0.15) is 38.8 Å². The zero-order chi connectivity index (χ0) is 16.3. The van der Waals surface area contributed by atoms with E-state index in [0.717, 1.165) is 55.8 Å². The zero-order valence-corrected chi connectivity index (χ0v) is 17.6. The Kier molecular flexibility index (Phi) is 11.0. The van der Waals surface area contributed by atoms with E-state index < -0.39 is 0 Å². The normalized spacial score (nSPS) is 11.5. The first-order valence-electron chi connectivity index (χ1n) is 8.34. The van der Waals surface area contributed by atoms with E-state index in [4.69, 9.17) is 4.74 Å². The first kappa shape index (κ1) is 21.2. The van der Waals surface area contributed by atoms with E-state index in [1.54, 1.807) is 11.3 Å². The van der Waals surface area contributed by atoms with Crippen LogP contribution in [-0.4, -0.2) is 41.6 Å². The Morgan fingerprint density at radius 3 is 2.88 bits per heavy atom. The van der Waals surface area contributed by atoms with Crippen molar-refractivity contribution in [3.8, 4) is 0 Å². The monoisotopic (exact) mass is 465 g/mol. The van der Waals surface area contributed by atoms with Crippen LogP contribution in [0.5, 0.6) is 0 Å². The molecule has 6 nitrogen and oxygen atoms in total. The second kappa shape index (κ2) is 12.5. The average molecular weight is 465 g/mol. The molecule has 0 aliphatic carbocycles. The lowest BCUT2D eigenvalue weighted by Gasteiger charge is -2.11. The number of thiazole rings is 1. The van der Waals surface area contributed by atoms with E-state index in [1.807, 2.05) is 22.2 Å². The van der Waals surface area contributed by atoms with Crippen LogP contribution in [0.2, 0.25) is 0 Å². The number of halogens is 1. The number of aromatic nitrogens is 2. The molecule has 136 valence electrons. The van der Waals surface area contributed by atoms with Gasteiger partial charge in [-0.15, -0.1) is 35.3 Å². The highest BCUT2D eigenvalue weighted by Gasteiger charge is 2.02. The average Bonchev–Trinajstić information content (AvgIpc) is 3.13. The van der Waals surface area contributed by atoms with Crippen molar-refractivity contribution in [2.75, 3.05) is 26.3 Å². The fourth-order valence-electron chi connectivity index (χ4n) is 2.08. The molecule has 2 aromatic rings. The summed E-state index contributed by atoms with van der Waals surface area (Å²) in [4.78, 5) is 10.1. The third-order valence-electron chi connectivity index (χ3n) is 3.29. The Hall–Kier alpha value is -0.870. The van der Waals surface area contributed by atoms with Crippen LogP contribution in [-0.2, 0) is 11.3 Å². The van der Waals surface area contributed by atoms with Gasteiger partial charge in [-0.05, 0) is 19.8 Å². The number of imidazole rings is 1. The van der Waals surface area contributed by atoms with Crippen molar-refractivity contribution in [2.24, 2.45) is 4.99 Å². The van der Waals surface area contributed by atoms with Crippen molar-refractivity contribution in [1.82, 2.24) is 20.0 Å². The summed E-state index contributed by atoms with van der Waals surface area (Å²) in [6.45, 7) is 8.18. The molecular weight excluding hydrogens is 437 g/mol. The maximum Gasteiger partial charge on any atom is 0.193 e. The molecule has 0 amide bonds. The number of aliphatic imine (C=N–C) groups is 1. The molecule has 2 aromatic heterocycles. The van der Waals surface area contributed by atoms with Gasteiger partial charge < -0.3 is 15.4 Å². The smallest absolute Gasteiger partial charge is 0.193 e. The van der Waals surface area contributed by atoms with Gasteiger partial charge in [-0.25, -0.2) is 9.98 Å². The largest absolute Gasteiger partial charge is 0.381 e. The minimum absolute atomic E-state index is 0. The number of hydrogen-bond donors (Lipinski definition) is 2. The number of ether oxygens (including phenoxy) is 1. The Balaban J connectivity index is 0.00000288. The minimum Gasteiger partial charge on any atom is -0.381 e. The molecule has 0 saturated heterocycles. The first-order valence-corrected chi connectivity index (χ1v) is 9.22. The second-order valence-corrected chi connectivity index (χ2v) is 6.14. The quantitative estimate of drug-likeness (QED) is 0.245. The molecule has 0 aromatic carbocycles. The van der Waals surface area contributed by atoms with Gasteiger partial charge in [0.1, 0.15) is 0 Å². The van der Waals surface area contributed by atoms with Crippen LogP contribution in [0.25, 0.3) is 4.96 Å². The van der Waals surface area contributed by atoms with Crippen molar-refractivity contribution in [3.05, 3.63) is 23.5 Å². The molecule has 0 aliphatic rings. The number of rotatable bonds is 10. The van der Waals surface area contributed by atoms with Crippen LogP contribution in [0.15, 0.2) is 22.8 Å². The molecule has 2 N–H and O–H groups in total. The highest BCUT2D eigenvalue weighted by Crippen LogP contribution is 2.11. The number of unbranched alkanes of at least 4 members (excludes halogenated alkanes) is 1.